The largest absolute Gasteiger partial charge is 0.497 e. The number of methoxy groups -OCH3 is 1. The van der Waals surface area contributed by atoms with Crippen molar-refractivity contribution in [3.05, 3.63) is 53.9 Å². The molecule has 2 N–H and O–H groups in total. The second kappa shape index (κ2) is 4.65. The molecule has 0 aliphatic carbocycles. The Morgan fingerprint density at radius 1 is 1.35 bits per heavy atom. The first kappa shape index (κ1) is 11.1. The smallest absolute Gasteiger partial charge is 0.196 e. The molecule has 0 saturated heterocycles. The SMILES string of the molecule is COc1ccc(N)c(C(=O)c2cccnc2)c1. The van der Waals surface area contributed by atoms with Crippen LogP contribution in [0.15, 0.2) is 42.7 Å². The molecule has 0 aliphatic rings. The van der Waals surface area contributed by atoms with E-state index in [0.717, 1.165) is 0 Å². The zero-order chi connectivity index (χ0) is 12.3. The van der Waals surface area contributed by atoms with Crippen molar-refractivity contribution in [3.8, 4) is 5.75 Å². The van der Waals surface area contributed by atoms with Crippen LogP contribution in [0, 0.1) is 0 Å². The molecule has 1 heterocycles. The van der Waals surface area contributed by atoms with Crippen molar-refractivity contribution in [1.29, 1.82) is 0 Å². The molecule has 0 radical (unpaired) electrons. The van der Waals surface area contributed by atoms with E-state index in [4.69, 9.17) is 10.5 Å². The van der Waals surface area contributed by atoms with Crippen LogP contribution in [0.2, 0.25) is 0 Å². The highest BCUT2D eigenvalue weighted by molar-refractivity contribution is 6.12. The molecule has 0 spiro atoms. The van der Waals surface area contributed by atoms with Gasteiger partial charge in [-0.05, 0) is 30.3 Å². The van der Waals surface area contributed by atoms with Crippen molar-refractivity contribution in [3.63, 3.8) is 0 Å². The summed E-state index contributed by atoms with van der Waals surface area (Å²) in [6.07, 6.45) is 3.13. The van der Waals surface area contributed by atoms with Crippen LogP contribution in [0.3, 0.4) is 0 Å². The van der Waals surface area contributed by atoms with E-state index in [9.17, 15) is 4.79 Å². The zero-order valence-electron chi connectivity index (χ0n) is 9.38. The Morgan fingerprint density at radius 2 is 2.18 bits per heavy atom. The number of nitrogens with two attached hydrogens (primary N) is 1. The van der Waals surface area contributed by atoms with E-state index in [0.29, 0.717) is 22.6 Å². The molecule has 0 fully saturated rings. The molecule has 2 rings (SSSR count). The second-order valence-corrected chi connectivity index (χ2v) is 3.52. The molecule has 86 valence electrons. The summed E-state index contributed by atoms with van der Waals surface area (Å²) in [6, 6.07) is 8.42. The van der Waals surface area contributed by atoms with Crippen molar-refractivity contribution >= 4 is 11.5 Å². The Kier molecular flexibility index (Phi) is 3.05. The predicted molar refractivity (Wildman–Crippen MR) is 65.1 cm³/mol. The number of hydrogen-bond donors (Lipinski definition) is 1. The summed E-state index contributed by atoms with van der Waals surface area (Å²) in [6.45, 7) is 0. The minimum absolute atomic E-state index is 0.158. The molecule has 0 bridgehead atoms. The predicted octanol–water partition coefficient (Wildman–Crippen LogP) is 1.90. The number of ketones is 1. The third-order valence-electron chi connectivity index (χ3n) is 2.43. The van der Waals surface area contributed by atoms with Crippen molar-refractivity contribution in [2.24, 2.45) is 0 Å². The van der Waals surface area contributed by atoms with Crippen molar-refractivity contribution in [1.82, 2.24) is 4.98 Å². The maximum atomic E-state index is 12.2. The molecule has 0 saturated carbocycles. The number of anilines is 1. The summed E-state index contributed by atoms with van der Waals surface area (Å²) >= 11 is 0. The van der Waals surface area contributed by atoms with E-state index < -0.39 is 0 Å². The van der Waals surface area contributed by atoms with Crippen molar-refractivity contribution in [2.45, 2.75) is 0 Å². The zero-order valence-corrected chi connectivity index (χ0v) is 9.38. The molecule has 0 unspecified atom stereocenters. The molecule has 1 aromatic carbocycles. The molecule has 0 atom stereocenters. The molecular formula is C13H12N2O2. The average molecular weight is 228 g/mol. The number of hydrogen-bond acceptors (Lipinski definition) is 4. The van der Waals surface area contributed by atoms with Crippen LogP contribution in [-0.2, 0) is 0 Å². The number of rotatable bonds is 3. The number of ether oxygens (including phenoxy) is 1. The molecule has 1 aromatic heterocycles. The van der Waals surface area contributed by atoms with Gasteiger partial charge in [-0.25, -0.2) is 0 Å². The molecule has 2 aromatic rings. The van der Waals surface area contributed by atoms with Gasteiger partial charge < -0.3 is 10.5 Å². The first-order chi connectivity index (χ1) is 8.22. The van der Waals surface area contributed by atoms with Crippen molar-refractivity contribution in [2.75, 3.05) is 12.8 Å². The van der Waals surface area contributed by atoms with Crippen molar-refractivity contribution < 1.29 is 9.53 Å². The fraction of sp³-hybridized carbons (Fsp3) is 0.0769. The third kappa shape index (κ3) is 2.25. The third-order valence-corrected chi connectivity index (χ3v) is 2.43. The summed E-state index contributed by atoms with van der Waals surface area (Å²) < 4.78 is 5.07. The fourth-order valence-electron chi connectivity index (χ4n) is 1.51. The first-order valence-corrected chi connectivity index (χ1v) is 5.10. The van der Waals surface area contributed by atoms with Gasteiger partial charge in [0.25, 0.3) is 0 Å². The Labute approximate surface area is 99.1 Å². The van der Waals surface area contributed by atoms with E-state index in [1.807, 2.05) is 0 Å². The lowest BCUT2D eigenvalue weighted by atomic mass is 10.0. The van der Waals surface area contributed by atoms with Gasteiger partial charge in [-0.2, -0.15) is 0 Å². The Bertz CT molecular complexity index is 538. The highest BCUT2D eigenvalue weighted by atomic mass is 16.5. The van der Waals surface area contributed by atoms with Crippen LogP contribution in [0.25, 0.3) is 0 Å². The van der Waals surface area contributed by atoms with Gasteiger partial charge in [0.15, 0.2) is 5.78 Å². The number of pyridine rings is 1. The lowest BCUT2D eigenvalue weighted by molar-refractivity contribution is 0.103. The maximum absolute atomic E-state index is 12.2. The minimum atomic E-state index is -0.158. The Hall–Kier alpha value is -2.36. The minimum Gasteiger partial charge on any atom is -0.497 e. The summed E-state index contributed by atoms with van der Waals surface area (Å²) in [7, 11) is 1.55. The van der Waals surface area contributed by atoms with Crippen LogP contribution in [0.5, 0.6) is 5.75 Å². The van der Waals surface area contributed by atoms with Gasteiger partial charge in [-0.3, -0.25) is 9.78 Å². The van der Waals surface area contributed by atoms with Gasteiger partial charge >= 0.3 is 0 Å². The number of nitrogen functional groups attached to an aromatic ring is 1. The van der Waals surface area contributed by atoms with Gasteiger partial charge in [-0.1, -0.05) is 0 Å². The fourth-order valence-corrected chi connectivity index (χ4v) is 1.51. The Morgan fingerprint density at radius 3 is 2.82 bits per heavy atom. The van der Waals surface area contributed by atoms with Gasteiger partial charge in [0, 0.05) is 29.2 Å². The van der Waals surface area contributed by atoms with Gasteiger partial charge in [-0.15, -0.1) is 0 Å². The highest BCUT2D eigenvalue weighted by Gasteiger charge is 2.13. The van der Waals surface area contributed by atoms with Crippen LogP contribution in [0.4, 0.5) is 5.69 Å². The van der Waals surface area contributed by atoms with Gasteiger partial charge in [0.2, 0.25) is 0 Å². The number of benzene rings is 1. The number of aromatic nitrogens is 1. The Balaban J connectivity index is 2.44. The van der Waals surface area contributed by atoms with E-state index >= 15 is 0 Å². The standard InChI is InChI=1S/C13H12N2O2/c1-17-10-4-5-12(14)11(7-10)13(16)9-3-2-6-15-8-9/h2-8H,14H2,1H3. The summed E-state index contributed by atoms with van der Waals surface area (Å²) in [5.41, 5.74) is 7.15. The van der Waals surface area contributed by atoms with E-state index in [-0.39, 0.29) is 5.78 Å². The lowest BCUT2D eigenvalue weighted by Crippen LogP contribution is -2.06. The van der Waals surface area contributed by atoms with Crippen LogP contribution >= 0.6 is 0 Å². The first-order valence-electron chi connectivity index (χ1n) is 5.10. The van der Waals surface area contributed by atoms with E-state index in [1.165, 1.54) is 6.20 Å². The van der Waals surface area contributed by atoms with Gasteiger partial charge in [0.1, 0.15) is 5.75 Å². The number of carbonyl (C=O) groups excluding carboxylic acids is 1. The monoisotopic (exact) mass is 228 g/mol. The number of nitrogens with zero attached hydrogens (tertiary/aromatic N) is 1. The van der Waals surface area contributed by atoms with Gasteiger partial charge in [0.05, 0.1) is 7.11 Å². The molecule has 0 amide bonds. The highest BCUT2D eigenvalue weighted by Crippen LogP contribution is 2.22. The summed E-state index contributed by atoms with van der Waals surface area (Å²) in [5.74, 6) is 0.445. The summed E-state index contributed by atoms with van der Waals surface area (Å²) in [4.78, 5) is 16.1. The van der Waals surface area contributed by atoms with Crippen LogP contribution < -0.4 is 10.5 Å². The molecule has 4 nitrogen and oxygen atoms in total. The second-order valence-electron chi connectivity index (χ2n) is 3.52. The summed E-state index contributed by atoms with van der Waals surface area (Å²) in [5, 5.41) is 0. The molecule has 0 aliphatic heterocycles. The van der Waals surface area contributed by atoms with E-state index in [2.05, 4.69) is 4.98 Å². The van der Waals surface area contributed by atoms with E-state index in [1.54, 1.807) is 43.6 Å². The topological polar surface area (TPSA) is 65.2 Å². The van der Waals surface area contributed by atoms with Crippen LogP contribution in [-0.4, -0.2) is 17.9 Å². The quantitative estimate of drug-likeness (QED) is 0.643. The average Bonchev–Trinajstić information content (AvgIpc) is 2.39. The molecule has 4 heteroatoms. The molecular weight excluding hydrogens is 216 g/mol. The van der Waals surface area contributed by atoms with Crippen LogP contribution in [0.1, 0.15) is 15.9 Å². The maximum Gasteiger partial charge on any atom is 0.196 e. The normalized spacial score (nSPS) is 9.94. The molecule has 17 heavy (non-hydrogen) atoms. The number of carbonyl (C=O) groups is 1. The lowest BCUT2D eigenvalue weighted by Gasteiger charge is -2.07.